The minimum atomic E-state index is -0.288. The van der Waals surface area contributed by atoms with E-state index in [2.05, 4.69) is 20.6 Å². The van der Waals surface area contributed by atoms with Gasteiger partial charge in [0.2, 0.25) is 11.7 Å². The molecule has 0 saturated heterocycles. The lowest BCUT2D eigenvalue weighted by atomic mass is 10.1. The van der Waals surface area contributed by atoms with Crippen LogP contribution in [0.25, 0.3) is 22.8 Å². The van der Waals surface area contributed by atoms with Crippen LogP contribution >= 0.6 is 23.4 Å². The van der Waals surface area contributed by atoms with Gasteiger partial charge in [-0.15, -0.1) is 11.8 Å². The van der Waals surface area contributed by atoms with Crippen molar-refractivity contribution in [1.29, 1.82) is 0 Å². The molecule has 3 N–H and O–H groups in total. The Kier molecular flexibility index (Phi) is 6.20. The topological polar surface area (TPSA) is 112 Å². The number of aromatic nitrogens is 4. The van der Waals surface area contributed by atoms with Crippen molar-refractivity contribution < 1.29 is 9.32 Å². The Morgan fingerprint density at radius 2 is 2.06 bits per heavy atom. The van der Waals surface area contributed by atoms with Crippen molar-refractivity contribution in [2.24, 2.45) is 0 Å². The molecular weight excluding hydrogens is 448 g/mol. The van der Waals surface area contributed by atoms with Gasteiger partial charge in [0.15, 0.2) is 0 Å². The van der Waals surface area contributed by atoms with Gasteiger partial charge in [-0.05, 0) is 43.9 Å². The molecule has 0 aliphatic carbocycles. The van der Waals surface area contributed by atoms with Gasteiger partial charge in [0, 0.05) is 16.3 Å². The highest BCUT2D eigenvalue weighted by Crippen LogP contribution is 2.35. The van der Waals surface area contributed by atoms with Gasteiger partial charge in [-0.1, -0.05) is 46.6 Å². The molecule has 4 rings (SSSR count). The van der Waals surface area contributed by atoms with Gasteiger partial charge in [0.05, 0.1) is 0 Å². The number of thioether (sulfide) groups is 1. The Morgan fingerprint density at radius 3 is 2.78 bits per heavy atom. The molecule has 0 spiro atoms. The van der Waals surface area contributed by atoms with E-state index in [9.17, 15) is 4.79 Å². The molecule has 1 amide bonds. The minimum Gasteiger partial charge on any atom is -0.383 e. The third-order valence-electron chi connectivity index (χ3n) is 4.82. The number of aryl methyl sites for hydroxylation is 2. The van der Waals surface area contributed by atoms with E-state index in [0.717, 1.165) is 16.7 Å². The monoisotopic (exact) mass is 468 g/mol. The smallest absolute Gasteiger partial charge is 0.264 e. The Labute approximate surface area is 194 Å². The first-order valence-corrected chi connectivity index (χ1v) is 11.3. The summed E-state index contributed by atoms with van der Waals surface area (Å²) < 4.78 is 6.90. The third kappa shape index (κ3) is 4.49. The largest absolute Gasteiger partial charge is 0.383 e. The number of amides is 1. The van der Waals surface area contributed by atoms with Crippen LogP contribution in [0, 0.1) is 13.8 Å². The van der Waals surface area contributed by atoms with Crippen LogP contribution < -0.4 is 11.1 Å². The average Bonchev–Trinajstić information content (AvgIpc) is 3.35. The number of hydrogen-bond donors (Lipinski definition) is 2. The zero-order valence-electron chi connectivity index (χ0n) is 17.7. The summed E-state index contributed by atoms with van der Waals surface area (Å²) in [5.41, 5.74) is 10.3. The van der Waals surface area contributed by atoms with Crippen molar-refractivity contribution >= 4 is 40.8 Å². The Morgan fingerprint density at radius 1 is 1.25 bits per heavy atom. The molecule has 0 fully saturated rings. The molecule has 0 saturated carbocycles. The highest BCUT2D eigenvalue weighted by atomic mass is 35.5. The van der Waals surface area contributed by atoms with E-state index < -0.39 is 0 Å². The maximum atomic E-state index is 12.6. The maximum absolute atomic E-state index is 12.6. The van der Waals surface area contributed by atoms with Gasteiger partial charge >= 0.3 is 0 Å². The van der Waals surface area contributed by atoms with Crippen molar-refractivity contribution in [1.82, 2.24) is 19.9 Å². The van der Waals surface area contributed by atoms with Crippen molar-refractivity contribution in [3.05, 3.63) is 58.6 Å². The fraction of sp³-hybridized carbons (Fsp3) is 0.182. The lowest BCUT2D eigenvalue weighted by Crippen LogP contribution is -2.20. The minimum absolute atomic E-state index is 0.0796. The molecule has 8 nitrogen and oxygen atoms in total. The maximum Gasteiger partial charge on any atom is 0.264 e. The molecule has 0 bridgehead atoms. The first kappa shape index (κ1) is 21.9. The number of rotatable bonds is 6. The molecule has 2 aromatic heterocycles. The Bertz CT molecular complexity index is 1300. The van der Waals surface area contributed by atoms with Crippen LogP contribution in [0.1, 0.15) is 11.1 Å². The van der Waals surface area contributed by atoms with Gasteiger partial charge in [0.25, 0.3) is 5.89 Å². The van der Waals surface area contributed by atoms with E-state index in [1.54, 1.807) is 12.1 Å². The SMILES string of the molecule is CSc1nn(CC(=O)Nc2ccc(C)c(Cl)c2)c(N)c1-c1nc(-c2cccc(C)c2)no1. The van der Waals surface area contributed by atoms with Gasteiger partial charge in [-0.2, -0.15) is 10.1 Å². The van der Waals surface area contributed by atoms with Gasteiger partial charge in [0.1, 0.15) is 23.0 Å². The first-order chi connectivity index (χ1) is 15.4. The number of nitrogens with one attached hydrogen (secondary N) is 1. The first-order valence-electron chi connectivity index (χ1n) is 9.73. The van der Waals surface area contributed by atoms with Gasteiger partial charge in [-0.25, -0.2) is 4.68 Å². The molecule has 0 atom stereocenters. The summed E-state index contributed by atoms with van der Waals surface area (Å²) in [4.78, 5) is 17.1. The number of hydrogen-bond acceptors (Lipinski definition) is 7. The van der Waals surface area contributed by atoms with E-state index in [-0.39, 0.29) is 24.2 Å². The molecule has 2 aromatic carbocycles. The zero-order valence-corrected chi connectivity index (χ0v) is 19.3. The summed E-state index contributed by atoms with van der Waals surface area (Å²) in [6.07, 6.45) is 1.86. The third-order valence-corrected chi connectivity index (χ3v) is 5.90. The van der Waals surface area contributed by atoms with Crippen molar-refractivity contribution in [3.63, 3.8) is 0 Å². The van der Waals surface area contributed by atoms with Crippen LogP contribution in [0.2, 0.25) is 5.02 Å². The number of anilines is 2. The van der Waals surface area contributed by atoms with Crippen molar-refractivity contribution in [3.8, 4) is 22.8 Å². The Balaban J connectivity index is 1.58. The number of halogens is 1. The van der Waals surface area contributed by atoms with E-state index in [0.29, 0.717) is 27.1 Å². The fourth-order valence-electron chi connectivity index (χ4n) is 3.15. The van der Waals surface area contributed by atoms with Gasteiger partial charge in [-0.3, -0.25) is 4.79 Å². The standard InChI is InChI=1S/C22H21ClN6O2S/c1-12-5-4-6-14(9-12)20-26-21(31-28-20)18-19(24)29(27-22(18)32-3)11-17(30)25-15-8-7-13(2)16(23)10-15/h4-10H,11,24H2,1-3H3,(H,25,30). The highest BCUT2D eigenvalue weighted by molar-refractivity contribution is 7.98. The van der Waals surface area contributed by atoms with Gasteiger partial charge < -0.3 is 15.6 Å². The molecule has 164 valence electrons. The summed E-state index contributed by atoms with van der Waals surface area (Å²) in [5.74, 6) is 0.687. The molecule has 0 radical (unpaired) electrons. The highest BCUT2D eigenvalue weighted by Gasteiger charge is 2.24. The molecular formula is C22H21ClN6O2S. The average molecular weight is 469 g/mol. The quantitative estimate of drug-likeness (QED) is 0.390. The predicted molar refractivity (Wildman–Crippen MR) is 127 cm³/mol. The van der Waals surface area contributed by atoms with Crippen LogP contribution in [0.4, 0.5) is 11.5 Å². The molecule has 4 aromatic rings. The van der Waals surface area contributed by atoms with Crippen molar-refractivity contribution in [2.75, 3.05) is 17.3 Å². The lowest BCUT2D eigenvalue weighted by Gasteiger charge is -2.08. The van der Waals surface area contributed by atoms with E-state index in [1.807, 2.05) is 50.4 Å². The second-order valence-corrected chi connectivity index (χ2v) is 8.43. The number of nitrogen functional groups attached to an aromatic ring is 1. The molecule has 0 unspecified atom stereocenters. The Hall–Kier alpha value is -3.30. The van der Waals surface area contributed by atoms with E-state index in [4.69, 9.17) is 21.9 Å². The fourth-order valence-corrected chi connectivity index (χ4v) is 3.91. The molecule has 32 heavy (non-hydrogen) atoms. The van der Waals surface area contributed by atoms with Crippen molar-refractivity contribution in [2.45, 2.75) is 25.4 Å². The van der Waals surface area contributed by atoms with Crippen LogP contribution in [0.3, 0.4) is 0 Å². The second kappa shape index (κ2) is 9.05. The summed E-state index contributed by atoms with van der Waals surface area (Å²) >= 11 is 7.51. The van der Waals surface area contributed by atoms with E-state index in [1.165, 1.54) is 16.4 Å². The summed E-state index contributed by atoms with van der Waals surface area (Å²) in [6, 6.07) is 13.1. The molecule has 2 heterocycles. The van der Waals surface area contributed by atoms with Crippen LogP contribution in [-0.2, 0) is 11.3 Å². The van der Waals surface area contributed by atoms with Crippen LogP contribution in [0.15, 0.2) is 52.0 Å². The number of carbonyl (C=O) groups excluding carboxylic acids is 1. The lowest BCUT2D eigenvalue weighted by molar-refractivity contribution is -0.116. The number of benzene rings is 2. The molecule has 10 heteroatoms. The zero-order chi connectivity index (χ0) is 22.8. The number of carbonyl (C=O) groups is 1. The molecule has 0 aliphatic rings. The number of nitrogens with two attached hydrogens (primary N) is 1. The molecule has 0 aliphatic heterocycles. The predicted octanol–water partition coefficient (Wildman–Crippen LogP) is 4.81. The summed E-state index contributed by atoms with van der Waals surface area (Å²) in [5, 5.41) is 12.5. The summed E-state index contributed by atoms with van der Waals surface area (Å²) in [7, 11) is 0. The number of nitrogens with zero attached hydrogens (tertiary/aromatic N) is 4. The van der Waals surface area contributed by atoms with Crippen LogP contribution in [0.5, 0.6) is 0 Å². The van der Waals surface area contributed by atoms with E-state index >= 15 is 0 Å². The van der Waals surface area contributed by atoms with Crippen LogP contribution in [-0.4, -0.2) is 32.1 Å². The normalized spacial score (nSPS) is 11.0. The second-order valence-electron chi connectivity index (χ2n) is 7.23. The summed E-state index contributed by atoms with van der Waals surface area (Å²) in [6.45, 7) is 3.81.